The number of unbranched alkanes of at least 4 members (excludes halogenated alkanes) is 6. The number of methoxy groups -OCH3 is 1. The van der Waals surface area contributed by atoms with Crippen molar-refractivity contribution in [3.8, 4) is 0 Å². The van der Waals surface area contributed by atoms with Gasteiger partial charge in [-0.25, -0.2) is 0 Å². The SMILES string of the molecule is CCCC/C=C/C/C=C/C/C=C/CCCCCCC(=O)OC. The van der Waals surface area contributed by atoms with Crippen LogP contribution in [0, 0.1) is 0 Å². The topological polar surface area (TPSA) is 26.3 Å². The summed E-state index contributed by atoms with van der Waals surface area (Å²) in [5.41, 5.74) is 0. The Balaban J connectivity index is 3.30. The zero-order chi connectivity index (χ0) is 16.3. The lowest BCUT2D eigenvalue weighted by Gasteiger charge is -1.99. The zero-order valence-electron chi connectivity index (χ0n) is 14.6. The standard InChI is InChI=1S/C20H34O2/c1-3-4-5-6-7-8-9-10-11-12-13-14-15-16-17-18-19-20(21)22-2/h6-7,9-10,12-13H,3-5,8,11,14-19H2,1-2H3/b7-6+,10-9+,13-12+. The smallest absolute Gasteiger partial charge is 0.305 e. The molecule has 0 aliphatic carbocycles. The highest BCUT2D eigenvalue weighted by Crippen LogP contribution is 2.06. The van der Waals surface area contributed by atoms with E-state index in [2.05, 4.69) is 48.1 Å². The van der Waals surface area contributed by atoms with Gasteiger partial charge in [-0.2, -0.15) is 0 Å². The van der Waals surface area contributed by atoms with Gasteiger partial charge in [-0.15, -0.1) is 0 Å². The molecule has 0 heterocycles. The first-order valence-corrected chi connectivity index (χ1v) is 8.83. The molecule has 126 valence electrons. The van der Waals surface area contributed by atoms with Gasteiger partial charge in [-0.3, -0.25) is 4.79 Å². The third-order valence-electron chi connectivity index (χ3n) is 3.50. The lowest BCUT2D eigenvalue weighted by atomic mass is 10.1. The third kappa shape index (κ3) is 16.7. The number of rotatable bonds is 14. The fourth-order valence-corrected chi connectivity index (χ4v) is 2.09. The Morgan fingerprint density at radius 3 is 1.91 bits per heavy atom. The van der Waals surface area contributed by atoms with Crippen molar-refractivity contribution >= 4 is 5.97 Å². The van der Waals surface area contributed by atoms with E-state index in [9.17, 15) is 4.79 Å². The second-order valence-electron chi connectivity index (χ2n) is 5.56. The van der Waals surface area contributed by atoms with Crippen LogP contribution in [0.1, 0.15) is 77.6 Å². The van der Waals surface area contributed by atoms with Crippen molar-refractivity contribution in [2.45, 2.75) is 77.6 Å². The summed E-state index contributed by atoms with van der Waals surface area (Å²) >= 11 is 0. The van der Waals surface area contributed by atoms with Crippen molar-refractivity contribution in [2.24, 2.45) is 0 Å². The molecule has 2 nitrogen and oxygen atoms in total. The van der Waals surface area contributed by atoms with E-state index >= 15 is 0 Å². The highest BCUT2D eigenvalue weighted by atomic mass is 16.5. The summed E-state index contributed by atoms with van der Waals surface area (Å²) in [5.74, 6) is -0.0908. The lowest BCUT2D eigenvalue weighted by Crippen LogP contribution is -1.98. The predicted molar refractivity (Wildman–Crippen MR) is 95.9 cm³/mol. The molecule has 0 aromatic heterocycles. The van der Waals surface area contributed by atoms with Gasteiger partial charge in [0.1, 0.15) is 0 Å². The van der Waals surface area contributed by atoms with Crippen LogP contribution in [0.25, 0.3) is 0 Å². The lowest BCUT2D eigenvalue weighted by molar-refractivity contribution is -0.140. The van der Waals surface area contributed by atoms with Gasteiger partial charge in [0.15, 0.2) is 0 Å². The Hall–Kier alpha value is -1.31. The normalized spacial score (nSPS) is 11.9. The summed E-state index contributed by atoms with van der Waals surface area (Å²) in [4.78, 5) is 10.9. The van der Waals surface area contributed by atoms with Crippen LogP contribution < -0.4 is 0 Å². The predicted octanol–water partition coefficient (Wildman–Crippen LogP) is 6.14. The monoisotopic (exact) mass is 306 g/mol. The van der Waals surface area contributed by atoms with E-state index in [1.807, 2.05) is 0 Å². The van der Waals surface area contributed by atoms with Crippen LogP contribution in [0.4, 0.5) is 0 Å². The van der Waals surface area contributed by atoms with Crippen LogP contribution >= 0.6 is 0 Å². The molecular weight excluding hydrogens is 272 g/mol. The van der Waals surface area contributed by atoms with Gasteiger partial charge in [-0.1, -0.05) is 69.1 Å². The molecule has 0 aromatic rings. The highest BCUT2D eigenvalue weighted by Gasteiger charge is 1.98. The van der Waals surface area contributed by atoms with E-state index in [1.165, 1.54) is 39.2 Å². The molecular formula is C20H34O2. The van der Waals surface area contributed by atoms with E-state index in [0.717, 1.165) is 32.1 Å². The molecule has 0 rings (SSSR count). The number of hydrogen-bond acceptors (Lipinski definition) is 2. The van der Waals surface area contributed by atoms with Gasteiger partial charge >= 0.3 is 5.97 Å². The number of ether oxygens (including phenoxy) is 1. The molecule has 2 heteroatoms. The van der Waals surface area contributed by atoms with E-state index < -0.39 is 0 Å². The Morgan fingerprint density at radius 1 is 0.773 bits per heavy atom. The van der Waals surface area contributed by atoms with Gasteiger partial charge in [0.05, 0.1) is 7.11 Å². The second kappa shape index (κ2) is 17.7. The Bertz CT molecular complexity index is 327. The Morgan fingerprint density at radius 2 is 1.32 bits per heavy atom. The minimum absolute atomic E-state index is 0.0908. The molecule has 0 fully saturated rings. The minimum atomic E-state index is -0.0908. The maximum atomic E-state index is 10.9. The van der Waals surface area contributed by atoms with Crippen LogP contribution in [0.15, 0.2) is 36.5 Å². The van der Waals surface area contributed by atoms with Crippen molar-refractivity contribution in [1.29, 1.82) is 0 Å². The summed E-state index contributed by atoms with van der Waals surface area (Å²) in [6, 6.07) is 0. The van der Waals surface area contributed by atoms with Crippen LogP contribution in [0.5, 0.6) is 0 Å². The van der Waals surface area contributed by atoms with Gasteiger partial charge in [0.2, 0.25) is 0 Å². The van der Waals surface area contributed by atoms with Crippen LogP contribution in [0.2, 0.25) is 0 Å². The van der Waals surface area contributed by atoms with Crippen molar-refractivity contribution < 1.29 is 9.53 Å². The summed E-state index contributed by atoms with van der Waals surface area (Å²) in [5, 5.41) is 0. The molecule has 22 heavy (non-hydrogen) atoms. The molecule has 0 aliphatic heterocycles. The fraction of sp³-hybridized carbons (Fsp3) is 0.650. The number of carbonyl (C=O) groups is 1. The summed E-state index contributed by atoms with van der Waals surface area (Å²) < 4.78 is 4.61. The molecule has 0 aromatic carbocycles. The molecule has 0 spiro atoms. The van der Waals surface area contributed by atoms with Crippen molar-refractivity contribution in [3.05, 3.63) is 36.5 Å². The van der Waals surface area contributed by atoms with Crippen molar-refractivity contribution in [1.82, 2.24) is 0 Å². The number of allylic oxidation sites excluding steroid dienone is 6. The molecule has 0 amide bonds. The van der Waals surface area contributed by atoms with Gasteiger partial charge in [0.25, 0.3) is 0 Å². The molecule has 0 saturated heterocycles. The maximum absolute atomic E-state index is 10.9. The first-order valence-electron chi connectivity index (χ1n) is 8.83. The molecule has 0 radical (unpaired) electrons. The molecule has 0 aliphatic rings. The van der Waals surface area contributed by atoms with E-state index in [4.69, 9.17) is 0 Å². The average Bonchev–Trinajstić information content (AvgIpc) is 2.54. The summed E-state index contributed by atoms with van der Waals surface area (Å²) in [6.45, 7) is 2.22. The molecule has 0 N–H and O–H groups in total. The summed E-state index contributed by atoms with van der Waals surface area (Å²) in [6.07, 6.45) is 25.6. The van der Waals surface area contributed by atoms with Crippen LogP contribution in [-0.4, -0.2) is 13.1 Å². The Kier molecular flexibility index (Phi) is 16.7. The fourth-order valence-electron chi connectivity index (χ4n) is 2.09. The van der Waals surface area contributed by atoms with Crippen LogP contribution in [-0.2, 0) is 9.53 Å². The van der Waals surface area contributed by atoms with E-state index in [1.54, 1.807) is 0 Å². The first-order chi connectivity index (χ1) is 10.8. The largest absolute Gasteiger partial charge is 0.469 e. The first kappa shape index (κ1) is 20.7. The summed E-state index contributed by atoms with van der Waals surface area (Å²) in [7, 11) is 1.45. The highest BCUT2D eigenvalue weighted by molar-refractivity contribution is 5.68. The second-order valence-corrected chi connectivity index (χ2v) is 5.56. The van der Waals surface area contributed by atoms with Gasteiger partial charge in [0, 0.05) is 6.42 Å². The molecule has 0 saturated carbocycles. The van der Waals surface area contributed by atoms with Gasteiger partial charge in [-0.05, 0) is 38.5 Å². The average molecular weight is 306 g/mol. The molecule has 0 unspecified atom stereocenters. The maximum Gasteiger partial charge on any atom is 0.305 e. The number of esters is 1. The number of carbonyl (C=O) groups excluding carboxylic acids is 1. The van der Waals surface area contributed by atoms with Crippen LogP contribution in [0.3, 0.4) is 0 Å². The van der Waals surface area contributed by atoms with Crippen molar-refractivity contribution in [3.63, 3.8) is 0 Å². The zero-order valence-corrected chi connectivity index (χ0v) is 14.6. The minimum Gasteiger partial charge on any atom is -0.469 e. The third-order valence-corrected chi connectivity index (χ3v) is 3.50. The van der Waals surface area contributed by atoms with Gasteiger partial charge < -0.3 is 4.74 Å². The number of hydrogen-bond donors (Lipinski definition) is 0. The quantitative estimate of drug-likeness (QED) is 0.219. The van der Waals surface area contributed by atoms with E-state index in [0.29, 0.717) is 6.42 Å². The van der Waals surface area contributed by atoms with Crippen molar-refractivity contribution in [2.75, 3.05) is 7.11 Å². The van der Waals surface area contributed by atoms with E-state index in [-0.39, 0.29) is 5.97 Å². The Labute approximate surface area is 137 Å². The molecule has 0 atom stereocenters. The molecule has 0 bridgehead atoms.